The number of nitrogens with zero attached hydrogens (tertiary/aromatic N) is 1. The summed E-state index contributed by atoms with van der Waals surface area (Å²) in [7, 11) is 0. The topological polar surface area (TPSA) is 24.5 Å². The van der Waals surface area contributed by atoms with Gasteiger partial charge in [0.1, 0.15) is 12.4 Å². The Morgan fingerprint density at radius 3 is 2.77 bits per heavy atom. The maximum atomic E-state index is 5.62. The summed E-state index contributed by atoms with van der Waals surface area (Å²) in [5.41, 5.74) is 1.15. The van der Waals surface area contributed by atoms with Gasteiger partial charge in [-0.1, -0.05) is 21.9 Å². The van der Waals surface area contributed by atoms with Gasteiger partial charge in [-0.05, 0) is 58.0 Å². The van der Waals surface area contributed by atoms with Crippen LogP contribution in [0.3, 0.4) is 0 Å². The number of ether oxygens (including phenoxy) is 1. The second-order valence-electron chi connectivity index (χ2n) is 6.03. The predicted molar refractivity (Wildman–Crippen MR) is 95.0 cm³/mol. The molecule has 2 rings (SSSR count). The van der Waals surface area contributed by atoms with E-state index in [0.717, 1.165) is 22.3 Å². The molecule has 1 aliphatic heterocycles. The Bertz CT molecular complexity index is 516. The van der Waals surface area contributed by atoms with Crippen molar-refractivity contribution in [2.75, 3.05) is 19.7 Å². The third-order valence-electron chi connectivity index (χ3n) is 4.17. The van der Waals surface area contributed by atoms with Crippen molar-refractivity contribution in [1.29, 1.82) is 0 Å². The van der Waals surface area contributed by atoms with E-state index < -0.39 is 0 Å². The van der Waals surface area contributed by atoms with Gasteiger partial charge in [-0.25, -0.2) is 0 Å². The van der Waals surface area contributed by atoms with Crippen molar-refractivity contribution >= 4 is 15.9 Å². The molecule has 120 valence electrons. The van der Waals surface area contributed by atoms with E-state index in [2.05, 4.69) is 52.0 Å². The van der Waals surface area contributed by atoms with E-state index in [4.69, 9.17) is 11.2 Å². The number of hydrogen-bond acceptors (Lipinski definition) is 3. The maximum Gasteiger partial charge on any atom is 0.148 e. The molecule has 1 aliphatic rings. The van der Waals surface area contributed by atoms with Crippen LogP contribution in [0, 0.1) is 12.3 Å². The Morgan fingerprint density at radius 1 is 1.41 bits per heavy atom. The van der Waals surface area contributed by atoms with Crippen LogP contribution in [-0.4, -0.2) is 36.7 Å². The Hall–Kier alpha value is -1.02. The number of hydrogen-bond donors (Lipinski definition) is 1. The first kappa shape index (κ1) is 17.3. The fourth-order valence-corrected chi connectivity index (χ4v) is 3.23. The SMILES string of the molecule is C#CCOc1ccc(Br)cc1CNC1CCN(C(C)C)CC1. The summed E-state index contributed by atoms with van der Waals surface area (Å²) in [6.45, 7) is 8.00. The van der Waals surface area contributed by atoms with Gasteiger partial charge in [0.15, 0.2) is 0 Å². The van der Waals surface area contributed by atoms with E-state index in [-0.39, 0.29) is 0 Å². The number of rotatable bonds is 6. The summed E-state index contributed by atoms with van der Waals surface area (Å²) in [4.78, 5) is 2.54. The molecular formula is C18H25BrN2O. The fourth-order valence-electron chi connectivity index (χ4n) is 2.82. The summed E-state index contributed by atoms with van der Waals surface area (Å²) in [5.74, 6) is 3.39. The quantitative estimate of drug-likeness (QED) is 0.782. The molecule has 0 unspecified atom stereocenters. The highest BCUT2D eigenvalue weighted by molar-refractivity contribution is 9.10. The molecule has 0 atom stereocenters. The van der Waals surface area contributed by atoms with E-state index in [1.54, 1.807) is 0 Å². The maximum absolute atomic E-state index is 5.62. The van der Waals surface area contributed by atoms with Crippen molar-refractivity contribution in [2.24, 2.45) is 0 Å². The highest BCUT2D eigenvalue weighted by Gasteiger charge is 2.20. The summed E-state index contributed by atoms with van der Waals surface area (Å²) in [6.07, 6.45) is 7.68. The lowest BCUT2D eigenvalue weighted by atomic mass is 10.0. The van der Waals surface area contributed by atoms with Crippen LogP contribution in [0.4, 0.5) is 0 Å². The molecule has 1 saturated heterocycles. The molecule has 3 nitrogen and oxygen atoms in total. The number of benzene rings is 1. The molecule has 1 fully saturated rings. The molecule has 1 N–H and O–H groups in total. The van der Waals surface area contributed by atoms with Gasteiger partial charge in [0.25, 0.3) is 0 Å². The monoisotopic (exact) mass is 364 g/mol. The molecule has 1 heterocycles. The van der Waals surface area contributed by atoms with Gasteiger partial charge in [-0.15, -0.1) is 6.42 Å². The third-order valence-corrected chi connectivity index (χ3v) is 4.67. The van der Waals surface area contributed by atoms with E-state index in [9.17, 15) is 0 Å². The van der Waals surface area contributed by atoms with E-state index in [1.165, 1.54) is 25.9 Å². The Kier molecular flexibility index (Phi) is 6.75. The predicted octanol–water partition coefficient (Wildman–Crippen LogP) is 3.42. The molecule has 0 bridgehead atoms. The van der Waals surface area contributed by atoms with E-state index in [1.807, 2.05) is 12.1 Å². The van der Waals surface area contributed by atoms with Gasteiger partial charge in [-0.3, -0.25) is 0 Å². The van der Waals surface area contributed by atoms with Gasteiger partial charge in [-0.2, -0.15) is 0 Å². The van der Waals surface area contributed by atoms with Crippen LogP contribution in [0.25, 0.3) is 0 Å². The van der Waals surface area contributed by atoms with Crippen molar-refractivity contribution < 1.29 is 4.74 Å². The summed E-state index contributed by atoms with van der Waals surface area (Å²) in [5, 5.41) is 3.66. The minimum absolute atomic E-state index is 0.307. The molecule has 0 aliphatic carbocycles. The second kappa shape index (κ2) is 8.57. The first-order valence-corrected chi connectivity index (χ1v) is 8.71. The molecule has 0 aromatic heterocycles. The van der Waals surface area contributed by atoms with Crippen LogP contribution in [0.1, 0.15) is 32.3 Å². The first-order valence-electron chi connectivity index (χ1n) is 7.92. The van der Waals surface area contributed by atoms with Gasteiger partial charge in [0.2, 0.25) is 0 Å². The van der Waals surface area contributed by atoms with Crippen LogP contribution in [0.2, 0.25) is 0 Å². The van der Waals surface area contributed by atoms with Crippen molar-refractivity contribution in [3.05, 3.63) is 28.2 Å². The van der Waals surface area contributed by atoms with Crippen LogP contribution in [0.5, 0.6) is 5.75 Å². The average molecular weight is 365 g/mol. The van der Waals surface area contributed by atoms with Crippen molar-refractivity contribution in [2.45, 2.75) is 45.3 Å². The average Bonchev–Trinajstić information content (AvgIpc) is 2.52. The zero-order chi connectivity index (χ0) is 15.9. The van der Waals surface area contributed by atoms with E-state index in [0.29, 0.717) is 18.7 Å². The van der Waals surface area contributed by atoms with Crippen LogP contribution in [-0.2, 0) is 6.54 Å². The fraction of sp³-hybridized carbons (Fsp3) is 0.556. The Labute approximate surface area is 142 Å². The van der Waals surface area contributed by atoms with Gasteiger partial charge < -0.3 is 15.0 Å². The van der Waals surface area contributed by atoms with Crippen molar-refractivity contribution in [1.82, 2.24) is 10.2 Å². The molecule has 1 aromatic carbocycles. The number of halogens is 1. The first-order chi connectivity index (χ1) is 10.6. The van der Waals surface area contributed by atoms with Crippen LogP contribution >= 0.6 is 15.9 Å². The zero-order valence-corrected chi connectivity index (χ0v) is 15.0. The second-order valence-corrected chi connectivity index (χ2v) is 6.95. The minimum atomic E-state index is 0.307. The number of likely N-dealkylation sites (tertiary alicyclic amines) is 1. The van der Waals surface area contributed by atoms with Gasteiger partial charge in [0, 0.05) is 28.7 Å². The van der Waals surface area contributed by atoms with Crippen molar-refractivity contribution in [3.8, 4) is 18.1 Å². The standard InChI is InChI=1S/C18H25BrN2O/c1-4-11-22-18-6-5-16(19)12-15(18)13-20-17-7-9-21(10-8-17)14(2)3/h1,5-6,12,14,17,20H,7-11,13H2,2-3H3. The lowest BCUT2D eigenvalue weighted by Crippen LogP contribution is -2.44. The molecule has 0 saturated carbocycles. The Balaban J connectivity index is 1.89. The summed E-state index contributed by atoms with van der Waals surface area (Å²) in [6, 6.07) is 7.28. The smallest absolute Gasteiger partial charge is 0.148 e. The molecule has 0 radical (unpaired) electrons. The van der Waals surface area contributed by atoms with Gasteiger partial charge in [0.05, 0.1) is 0 Å². The number of nitrogens with one attached hydrogen (secondary N) is 1. The third kappa shape index (κ3) is 5.01. The molecule has 0 amide bonds. The lowest BCUT2D eigenvalue weighted by molar-refractivity contribution is 0.160. The Morgan fingerprint density at radius 2 is 2.14 bits per heavy atom. The lowest BCUT2D eigenvalue weighted by Gasteiger charge is -2.35. The molecule has 0 spiro atoms. The summed E-state index contributed by atoms with van der Waals surface area (Å²) < 4.78 is 6.69. The number of piperidine rings is 1. The normalized spacial score (nSPS) is 16.7. The molecule has 1 aromatic rings. The van der Waals surface area contributed by atoms with Crippen LogP contribution in [0.15, 0.2) is 22.7 Å². The number of terminal acetylenes is 1. The molecule has 22 heavy (non-hydrogen) atoms. The molecular weight excluding hydrogens is 340 g/mol. The minimum Gasteiger partial charge on any atom is -0.481 e. The largest absolute Gasteiger partial charge is 0.481 e. The van der Waals surface area contributed by atoms with Crippen molar-refractivity contribution in [3.63, 3.8) is 0 Å². The zero-order valence-electron chi connectivity index (χ0n) is 13.4. The summed E-state index contributed by atoms with van der Waals surface area (Å²) >= 11 is 3.52. The molecule has 4 heteroatoms. The van der Waals surface area contributed by atoms with Crippen LogP contribution < -0.4 is 10.1 Å². The van der Waals surface area contributed by atoms with Gasteiger partial charge >= 0.3 is 0 Å². The van der Waals surface area contributed by atoms with E-state index >= 15 is 0 Å². The highest BCUT2D eigenvalue weighted by atomic mass is 79.9. The highest BCUT2D eigenvalue weighted by Crippen LogP contribution is 2.24.